The van der Waals surface area contributed by atoms with E-state index < -0.39 is 5.54 Å². The van der Waals surface area contributed by atoms with Crippen molar-refractivity contribution in [1.82, 2.24) is 15.1 Å². The Morgan fingerprint density at radius 3 is 2.46 bits per heavy atom. The Balaban J connectivity index is 2.02. The van der Waals surface area contributed by atoms with Gasteiger partial charge in [-0.15, -0.1) is 0 Å². The first kappa shape index (κ1) is 18.5. The van der Waals surface area contributed by atoms with Crippen molar-refractivity contribution in [3.8, 4) is 0 Å². The van der Waals surface area contributed by atoms with Gasteiger partial charge >= 0.3 is 6.03 Å². The van der Waals surface area contributed by atoms with E-state index in [2.05, 4.69) is 62.9 Å². The third-order valence-electron chi connectivity index (χ3n) is 4.98. The Morgan fingerprint density at radius 2 is 1.92 bits per heavy atom. The fourth-order valence-electron chi connectivity index (χ4n) is 3.18. The molecule has 0 aromatic heterocycles. The quantitative estimate of drug-likeness (QED) is 0.914. The van der Waals surface area contributed by atoms with E-state index in [-0.39, 0.29) is 6.03 Å². The molecule has 1 saturated heterocycles. The molecule has 2 amide bonds. The number of carbonyl (C=O) groups excluding carboxylic acids is 1. The molecule has 24 heavy (non-hydrogen) atoms. The van der Waals surface area contributed by atoms with Crippen LogP contribution in [0, 0.1) is 0 Å². The topological polar surface area (TPSA) is 35.6 Å². The fourth-order valence-corrected chi connectivity index (χ4v) is 3.18. The molecular weight excluding hydrogens is 298 g/mol. The van der Waals surface area contributed by atoms with Crippen LogP contribution in [0.25, 0.3) is 5.57 Å². The molecule has 0 spiro atoms. The van der Waals surface area contributed by atoms with Crippen molar-refractivity contribution in [2.75, 3.05) is 27.2 Å². The van der Waals surface area contributed by atoms with E-state index in [9.17, 15) is 4.79 Å². The van der Waals surface area contributed by atoms with Crippen LogP contribution in [0.4, 0.5) is 4.79 Å². The second kappa shape index (κ2) is 7.39. The average Bonchev–Trinajstić information content (AvgIpc) is 2.54. The second-order valence-corrected chi connectivity index (χ2v) is 7.60. The minimum Gasteiger partial charge on any atom is -0.329 e. The van der Waals surface area contributed by atoms with E-state index in [0.29, 0.717) is 6.04 Å². The number of urea groups is 1. The van der Waals surface area contributed by atoms with Crippen molar-refractivity contribution < 1.29 is 4.79 Å². The number of carbonyl (C=O) groups is 1. The largest absolute Gasteiger partial charge is 0.329 e. The van der Waals surface area contributed by atoms with Crippen LogP contribution in [0.5, 0.6) is 0 Å². The summed E-state index contributed by atoms with van der Waals surface area (Å²) < 4.78 is 0. The summed E-state index contributed by atoms with van der Waals surface area (Å²) in [6.07, 6.45) is 2.07. The van der Waals surface area contributed by atoms with Gasteiger partial charge in [-0.3, -0.25) is 0 Å². The summed E-state index contributed by atoms with van der Waals surface area (Å²) in [5.41, 5.74) is 2.83. The molecule has 4 nitrogen and oxygen atoms in total. The highest BCUT2D eigenvalue weighted by Crippen LogP contribution is 2.24. The summed E-state index contributed by atoms with van der Waals surface area (Å²) in [5, 5.41) is 3.20. The van der Waals surface area contributed by atoms with Gasteiger partial charge in [0.05, 0.1) is 5.54 Å². The van der Waals surface area contributed by atoms with E-state index in [1.165, 1.54) is 0 Å². The van der Waals surface area contributed by atoms with Gasteiger partial charge in [-0.1, -0.05) is 30.4 Å². The Labute approximate surface area is 146 Å². The van der Waals surface area contributed by atoms with Crippen molar-refractivity contribution in [3.05, 3.63) is 42.0 Å². The Hall–Kier alpha value is -1.81. The number of rotatable bonds is 4. The molecule has 4 heteroatoms. The maximum Gasteiger partial charge on any atom is 0.318 e. The molecule has 1 heterocycles. The molecule has 132 valence electrons. The highest BCUT2D eigenvalue weighted by Gasteiger charge is 2.29. The zero-order chi connectivity index (χ0) is 17.9. The number of hydrogen-bond acceptors (Lipinski definition) is 2. The maximum absolute atomic E-state index is 12.7. The smallest absolute Gasteiger partial charge is 0.318 e. The van der Waals surface area contributed by atoms with Crippen LogP contribution in [-0.4, -0.2) is 49.1 Å². The van der Waals surface area contributed by atoms with Gasteiger partial charge in [-0.2, -0.15) is 0 Å². The first-order valence-corrected chi connectivity index (χ1v) is 8.70. The van der Waals surface area contributed by atoms with Crippen LogP contribution in [0.3, 0.4) is 0 Å². The lowest BCUT2D eigenvalue weighted by Crippen LogP contribution is -2.52. The fraction of sp³-hybridized carbons (Fsp3) is 0.550. The van der Waals surface area contributed by atoms with Crippen LogP contribution in [-0.2, 0) is 5.54 Å². The van der Waals surface area contributed by atoms with E-state index in [4.69, 9.17) is 0 Å². The van der Waals surface area contributed by atoms with Crippen LogP contribution in [0.2, 0.25) is 0 Å². The third kappa shape index (κ3) is 4.38. The molecule has 0 saturated carbocycles. The Morgan fingerprint density at radius 1 is 1.29 bits per heavy atom. The lowest BCUT2D eigenvalue weighted by Gasteiger charge is -2.37. The zero-order valence-corrected chi connectivity index (χ0v) is 15.7. The van der Waals surface area contributed by atoms with Crippen LogP contribution < -0.4 is 5.32 Å². The van der Waals surface area contributed by atoms with Gasteiger partial charge in [0.15, 0.2) is 0 Å². The normalized spacial score (nSPS) is 16.3. The van der Waals surface area contributed by atoms with Gasteiger partial charge in [-0.05, 0) is 64.9 Å². The minimum atomic E-state index is -0.416. The molecule has 1 N–H and O–H groups in total. The van der Waals surface area contributed by atoms with Gasteiger partial charge in [-0.25, -0.2) is 4.79 Å². The van der Waals surface area contributed by atoms with Gasteiger partial charge < -0.3 is 15.1 Å². The SMILES string of the molecule is C=C(C)c1cccc(C(C)(C)NC(=O)N2CCC(N(C)C)CC2)c1. The number of nitrogens with zero attached hydrogens (tertiary/aromatic N) is 2. The van der Waals surface area contributed by atoms with Crippen LogP contribution in [0.15, 0.2) is 30.8 Å². The highest BCUT2D eigenvalue weighted by molar-refractivity contribution is 5.75. The van der Waals surface area contributed by atoms with Crippen molar-refractivity contribution in [3.63, 3.8) is 0 Å². The molecule has 1 aliphatic rings. The summed E-state index contributed by atoms with van der Waals surface area (Å²) in [7, 11) is 4.22. The highest BCUT2D eigenvalue weighted by atomic mass is 16.2. The van der Waals surface area contributed by atoms with E-state index in [1.54, 1.807) is 0 Å². The molecule has 0 atom stereocenters. The molecule has 0 bridgehead atoms. The summed E-state index contributed by atoms with van der Waals surface area (Å²) >= 11 is 0. The molecule has 1 aromatic rings. The lowest BCUT2D eigenvalue weighted by atomic mass is 9.91. The van der Waals surface area contributed by atoms with Crippen molar-refractivity contribution >= 4 is 11.6 Å². The predicted molar refractivity (Wildman–Crippen MR) is 101 cm³/mol. The standard InChI is InChI=1S/C20H31N3O/c1-15(2)16-8-7-9-17(14-16)20(3,4)21-19(24)23-12-10-18(11-13-23)22(5)6/h7-9,14,18H,1,10-13H2,2-6H3,(H,21,24). The number of benzene rings is 1. The summed E-state index contributed by atoms with van der Waals surface area (Å²) in [6, 6.07) is 8.85. The number of piperidine rings is 1. The summed E-state index contributed by atoms with van der Waals surface area (Å²) in [6.45, 7) is 11.7. The van der Waals surface area contributed by atoms with Crippen molar-refractivity contribution in [2.45, 2.75) is 45.2 Å². The number of hydrogen-bond donors (Lipinski definition) is 1. The minimum absolute atomic E-state index is 0.0259. The molecule has 2 rings (SSSR count). The maximum atomic E-state index is 12.7. The molecule has 1 aromatic carbocycles. The predicted octanol–water partition coefficient (Wildman–Crippen LogP) is 3.69. The first-order chi connectivity index (χ1) is 11.2. The molecule has 1 aliphatic heterocycles. The van der Waals surface area contributed by atoms with Crippen molar-refractivity contribution in [2.24, 2.45) is 0 Å². The molecule has 0 radical (unpaired) electrons. The van der Waals surface area contributed by atoms with E-state index >= 15 is 0 Å². The number of likely N-dealkylation sites (tertiary alicyclic amines) is 1. The number of amides is 2. The van der Waals surface area contributed by atoms with Crippen LogP contribution in [0.1, 0.15) is 44.7 Å². The number of allylic oxidation sites excluding steroid dienone is 1. The van der Waals surface area contributed by atoms with E-state index in [1.807, 2.05) is 17.9 Å². The molecule has 1 fully saturated rings. The van der Waals surface area contributed by atoms with Gasteiger partial charge in [0.25, 0.3) is 0 Å². The number of nitrogens with one attached hydrogen (secondary N) is 1. The molecular formula is C20H31N3O. The monoisotopic (exact) mass is 329 g/mol. The van der Waals surface area contributed by atoms with Gasteiger partial charge in [0.2, 0.25) is 0 Å². The first-order valence-electron chi connectivity index (χ1n) is 8.70. The molecule has 0 aliphatic carbocycles. The van der Waals surface area contributed by atoms with Gasteiger partial charge in [0.1, 0.15) is 0 Å². The van der Waals surface area contributed by atoms with Crippen molar-refractivity contribution in [1.29, 1.82) is 0 Å². The van der Waals surface area contributed by atoms with Gasteiger partial charge in [0, 0.05) is 19.1 Å². The molecule has 0 unspecified atom stereocenters. The van der Waals surface area contributed by atoms with Crippen LogP contribution >= 0.6 is 0 Å². The van der Waals surface area contributed by atoms with E-state index in [0.717, 1.165) is 42.6 Å². The Bertz CT molecular complexity index is 599. The zero-order valence-electron chi connectivity index (χ0n) is 15.7. The summed E-state index contributed by atoms with van der Waals surface area (Å²) in [4.78, 5) is 16.9. The third-order valence-corrected chi connectivity index (χ3v) is 4.98. The average molecular weight is 329 g/mol. The Kier molecular flexibility index (Phi) is 5.70. The summed E-state index contributed by atoms with van der Waals surface area (Å²) in [5.74, 6) is 0. The lowest BCUT2D eigenvalue weighted by molar-refractivity contribution is 0.142. The second-order valence-electron chi connectivity index (χ2n) is 7.60.